The maximum absolute atomic E-state index is 14.3. The van der Waals surface area contributed by atoms with Crippen molar-refractivity contribution >= 4 is 58.2 Å². The van der Waals surface area contributed by atoms with Gasteiger partial charge < -0.3 is 31.1 Å². The maximum Gasteiger partial charge on any atom is 0.258 e. The minimum Gasteiger partial charge on any atom is -0.399 e. The van der Waals surface area contributed by atoms with Crippen molar-refractivity contribution in [3.05, 3.63) is 84.1 Å². The van der Waals surface area contributed by atoms with Crippen LogP contribution in [0.4, 0.5) is 17.1 Å². The van der Waals surface area contributed by atoms with Crippen molar-refractivity contribution in [3.8, 4) is 0 Å². The number of carbonyl (C=O) groups excluding carboxylic acids is 3. The highest BCUT2D eigenvalue weighted by Gasteiger charge is 2.48. The summed E-state index contributed by atoms with van der Waals surface area (Å²) >= 11 is 0. The number of carbonyl (C=O) groups is 3. The van der Waals surface area contributed by atoms with Gasteiger partial charge in [-0.3, -0.25) is 14.4 Å². The fourth-order valence-corrected chi connectivity index (χ4v) is 4.82. The van der Waals surface area contributed by atoms with Crippen molar-refractivity contribution in [2.75, 3.05) is 29.1 Å². The molecule has 0 saturated carbocycles. The molecule has 3 amide bonds. The number of amides is 3. The van der Waals surface area contributed by atoms with E-state index in [4.69, 9.17) is 16.0 Å². The van der Waals surface area contributed by atoms with Gasteiger partial charge in [-0.15, -0.1) is 12.4 Å². The Morgan fingerprint density at radius 1 is 1.05 bits per heavy atom. The van der Waals surface area contributed by atoms with E-state index in [0.717, 1.165) is 5.39 Å². The average Bonchev–Trinajstić information content (AvgIpc) is 3.29. The largest absolute Gasteiger partial charge is 0.399 e. The number of para-hydroxylation sites is 3. The molecule has 39 heavy (non-hydrogen) atoms. The lowest BCUT2D eigenvalue weighted by molar-refractivity contribution is -0.133. The molecule has 5 rings (SSSR count). The molecular formula is C28H29ClN6O4. The second-order valence-corrected chi connectivity index (χ2v) is 9.45. The van der Waals surface area contributed by atoms with Gasteiger partial charge in [-0.05, 0) is 62.5 Å². The third-order valence-corrected chi connectivity index (χ3v) is 7.28. The molecule has 1 aromatic heterocycles. The van der Waals surface area contributed by atoms with Crippen LogP contribution in [-0.2, 0) is 16.1 Å². The van der Waals surface area contributed by atoms with Gasteiger partial charge in [0, 0.05) is 23.2 Å². The molecule has 0 spiro atoms. The maximum atomic E-state index is 14.3. The smallest absolute Gasteiger partial charge is 0.258 e. The quantitative estimate of drug-likeness (QED) is 0.313. The zero-order valence-corrected chi connectivity index (χ0v) is 22.3. The molecule has 1 aliphatic heterocycles. The first-order valence-corrected chi connectivity index (χ1v) is 12.1. The number of nitrogen functional groups attached to an aromatic ring is 1. The second-order valence-electron chi connectivity index (χ2n) is 9.45. The van der Waals surface area contributed by atoms with Crippen LogP contribution in [-0.4, -0.2) is 42.0 Å². The molecule has 0 saturated heterocycles. The number of anilines is 3. The molecule has 2 atom stereocenters. The van der Waals surface area contributed by atoms with E-state index in [9.17, 15) is 14.4 Å². The van der Waals surface area contributed by atoms with Gasteiger partial charge in [0.15, 0.2) is 5.58 Å². The fraction of sp³-hybridized carbons (Fsp3) is 0.214. The van der Waals surface area contributed by atoms with Crippen LogP contribution in [0.25, 0.3) is 11.0 Å². The summed E-state index contributed by atoms with van der Waals surface area (Å²) in [5.74, 6) is -2.45. The van der Waals surface area contributed by atoms with Gasteiger partial charge in [0.25, 0.3) is 5.91 Å². The molecule has 3 aromatic carbocycles. The number of hydrogen-bond acceptors (Lipinski definition) is 7. The summed E-state index contributed by atoms with van der Waals surface area (Å²) in [6, 6.07) is 21.0. The average molecular weight is 549 g/mol. The van der Waals surface area contributed by atoms with Gasteiger partial charge in [0.2, 0.25) is 11.8 Å². The number of benzene rings is 3. The number of aromatic nitrogens is 1. The Kier molecular flexibility index (Phi) is 7.62. The van der Waals surface area contributed by atoms with Gasteiger partial charge in [0.05, 0.1) is 23.8 Å². The normalized spacial score (nSPS) is 16.7. The summed E-state index contributed by atoms with van der Waals surface area (Å²) in [4.78, 5) is 43.9. The lowest BCUT2D eigenvalue weighted by Crippen LogP contribution is -2.63. The minimum absolute atomic E-state index is 0. The van der Waals surface area contributed by atoms with Crippen LogP contribution in [0.3, 0.4) is 0 Å². The zero-order valence-electron chi connectivity index (χ0n) is 21.5. The third kappa shape index (κ3) is 4.80. The van der Waals surface area contributed by atoms with Crippen LogP contribution in [0.1, 0.15) is 23.0 Å². The monoisotopic (exact) mass is 548 g/mol. The van der Waals surface area contributed by atoms with Crippen LogP contribution in [0, 0.1) is 5.92 Å². The molecule has 10 nitrogen and oxygen atoms in total. The third-order valence-electron chi connectivity index (χ3n) is 7.28. The Morgan fingerprint density at radius 2 is 1.69 bits per heavy atom. The summed E-state index contributed by atoms with van der Waals surface area (Å²) in [5, 5.41) is 7.91. The molecule has 2 heterocycles. The highest BCUT2D eigenvalue weighted by molar-refractivity contribution is 6.12. The number of rotatable bonds is 6. The van der Waals surface area contributed by atoms with E-state index in [1.54, 1.807) is 73.5 Å². The first kappa shape index (κ1) is 27.6. The van der Waals surface area contributed by atoms with Gasteiger partial charge in [-0.2, -0.15) is 0 Å². The van der Waals surface area contributed by atoms with Crippen molar-refractivity contribution in [3.63, 3.8) is 0 Å². The van der Waals surface area contributed by atoms with Crippen molar-refractivity contribution in [2.24, 2.45) is 11.7 Å². The SMILES string of the molecule is CNC(C)(C(N)=O)[C@@H]1CN(C(=O)c2ccc(N)cc2)c2ccccc2N(Cc2noc3ccccc23)C1=O.Cl. The van der Waals surface area contributed by atoms with E-state index in [1.807, 2.05) is 18.2 Å². The molecule has 0 fully saturated rings. The number of primary amides is 1. The number of nitrogens with one attached hydrogen (secondary N) is 1. The van der Waals surface area contributed by atoms with Crippen molar-refractivity contribution in [1.82, 2.24) is 10.5 Å². The lowest BCUT2D eigenvalue weighted by Gasteiger charge is -2.36. The second kappa shape index (κ2) is 10.8. The molecule has 1 unspecified atom stereocenters. The lowest BCUT2D eigenvalue weighted by atomic mass is 9.83. The molecule has 0 radical (unpaired) electrons. The summed E-state index contributed by atoms with van der Waals surface area (Å²) in [6.45, 7) is 1.55. The summed E-state index contributed by atoms with van der Waals surface area (Å²) in [7, 11) is 1.57. The Morgan fingerprint density at radius 3 is 2.36 bits per heavy atom. The van der Waals surface area contributed by atoms with E-state index < -0.39 is 17.4 Å². The number of halogens is 1. The van der Waals surface area contributed by atoms with Crippen LogP contribution in [0.15, 0.2) is 77.3 Å². The molecule has 4 aromatic rings. The van der Waals surface area contributed by atoms with Crippen molar-refractivity contribution in [1.29, 1.82) is 0 Å². The van der Waals surface area contributed by atoms with Crippen LogP contribution < -0.4 is 26.6 Å². The predicted molar refractivity (Wildman–Crippen MR) is 152 cm³/mol. The van der Waals surface area contributed by atoms with Crippen LogP contribution >= 0.6 is 12.4 Å². The minimum atomic E-state index is -1.46. The standard InChI is InChI=1S/C28H28N6O4.ClH/c1-28(31-2,27(30)37)20-15-33(25(35)17-11-13-18(29)14-12-17)22-8-4-5-9-23(22)34(26(20)36)16-21-19-7-3-6-10-24(19)38-32-21;/h3-14,20,31H,15-16,29H2,1-2H3,(H2,30,37);1H/t20-,28?;/m1./s1. The molecule has 0 aliphatic carbocycles. The van der Waals surface area contributed by atoms with Gasteiger partial charge in [-0.25, -0.2) is 0 Å². The van der Waals surface area contributed by atoms with Crippen molar-refractivity contribution in [2.45, 2.75) is 19.0 Å². The van der Waals surface area contributed by atoms with E-state index in [2.05, 4.69) is 10.5 Å². The molecule has 202 valence electrons. The summed E-state index contributed by atoms with van der Waals surface area (Å²) < 4.78 is 5.48. The Hall–Kier alpha value is -4.41. The van der Waals surface area contributed by atoms with E-state index in [0.29, 0.717) is 33.9 Å². The highest BCUT2D eigenvalue weighted by Crippen LogP contribution is 2.39. The Balaban J connectivity index is 0.00000353. The summed E-state index contributed by atoms with van der Waals surface area (Å²) in [6.07, 6.45) is 0. The van der Waals surface area contributed by atoms with Gasteiger partial charge >= 0.3 is 0 Å². The van der Waals surface area contributed by atoms with Gasteiger partial charge in [0.1, 0.15) is 11.2 Å². The molecule has 1 aliphatic rings. The summed E-state index contributed by atoms with van der Waals surface area (Å²) in [5.41, 5.74) is 13.3. The van der Waals surface area contributed by atoms with E-state index in [-0.39, 0.29) is 37.3 Å². The zero-order chi connectivity index (χ0) is 27.0. The molecule has 5 N–H and O–H groups in total. The van der Waals surface area contributed by atoms with Crippen LogP contribution in [0.5, 0.6) is 0 Å². The number of nitrogens with two attached hydrogens (primary N) is 2. The number of hydrogen-bond donors (Lipinski definition) is 3. The van der Waals surface area contributed by atoms with E-state index >= 15 is 0 Å². The van der Waals surface area contributed by atoms with Crippen LogP contribution in [0.2, 0.25) is 0 Å². The Bertz CT molecular complexity index is 1540. The first-order valence-electron chi connectivity index (χ1n) is 12.1. The first-order chi connectivity index (χ1) is 18.2. The topological polar surface area (TPSA) is 148 Å². The molecule has 0 bridgehead atoms. The van der Waals surface area contributed by atoms with E-state index in [1.165, 1.54) is 4.90 Å². The fourth-order valence-electron chi connectivity index (χ4n) is 4.82. The van der Waals surface area contributed by atoms with Crippen molar-refractivity contribution < 1.29 is 18.9 Å². The number of nitrogens with zero attached hydrogens (tertiary/aromatic N) is 3. The van der Waals surface area contributed by atoms with Gasteiger partial charge in [-0.1, -0.05) is 29.4 Å². The predicted octanol–water partition coefficient (Wildman–Crippen LogP) is 3.11. The highest BCUT2D eigenvalue weighted by atomic mass is 35.5. The Labute approximate surface area is 231 Å². The molecular weight excluding hydrogens is 520 g/mol. The number of likely N-dealkylation sites (N-methyl/N-ethyl adjacent to an activating group) is 1. The molecule has 11 heteroatoms. The number of fused-ring (bicyclic) bond motifs is 2.